The molecule has 0 unspecified atom stereocenters. The topological polar surface area (TPSA) is 85.8 Å². The van der Waals surface area contributed by atoms with Crippen molar-refractivity contribution in [2.75, 3.05) is 6.54 Å². The van der Waals surface area contributed by atoms with Gasteiger partial charge in [0.05, 0.1) is 0 Å². The summed E-state index contributed by atoms with van der Waals surface area (Å²) in [6.07, 6.45) is 6.77. The minimum Gasteiger partial charge on any atom is -0.355 e. The molecule has 2 aromatic heterocycles. The summed E-state index contributed by atoms with van der Waals surface area (Å²) in [5.41, 5.74) is 1.06. The molecular weight excluding hydrogens is 330 g/mol. The first kappa shape index (κ1) is 16.5. The lowest BCUT2D eigenvalue weighted by Gasteiger charge is -2.16. The van der Waals surface area contributed by atoms with Gasteiger partial charge in [0.15, 0.2) is 0 Å². The standard InChI is InChI=1S/C19H21N5O2/c25-16(20-13-19(9-10-19)14-24-12-4-11-21-24)7-8-17-22-18(23-26-17)15-5-2-1-3-6-15/h1-6,11-12H,7-10,13-14H2,(H,20,25). The van der Waals surface area contributed by atoms with Crippen LogP contribution in [0.2, 0.25) is 0 Å². The SMILES string of the molecule is O=C(CCc1nc(-c2ccccc2)no1)NCC1(Cn2cccn2)CC1. The fourth-order valence-corrected chi connectivity index (χ4v) is 2.96. The van der Waals surface area contributed by atoms with Crippen molar-refractivity contribution in [3.63, 3.8) is 0 Å². The van der Waals surface area contributed by atoms with Gasteiger partial charge in [0.1, 0.15) is 0 Å². The number of carbonyl (C=O) groups is 1. The molecule has 26 heavy (non-hydrogen) atoms. The lowest BCUT2D eigenvalue weighted by molar-refractivity contribution is -0.121. The summed E-state index contributed by atoms with van der Waals surface area (Å²) in [4.78, 5) is 16.5. The summed E-state index contributed by atoms with van der Waals surface area (Å²) in [5, 5.41) is 11.3. The first-order valence-electron chi connectivity index (χ1n) is 8.85. The van der Waals surface area contributed by atoms with E-state index in [1.807, 2.05) is 47.3 Å². The summed E-state index contributed by atoms with van der Waals surface area (Å²) in [5.74, 6) is 1.05. The van der Waals surface area contributed by atoms with Crippen LogP contribution in [0.4, 0.5) is 0 Å². The van der Waals surface area contributed by atoms with Crippen molar-refractivity contribution in [2.45, 2.75) is 32.2 Å². The fraction of sp³-hybridized carbons (Fsp3) is 0.368. The lowest BCUT2D eigenvalue weighted by atomic mass is 10.1. The summed E-state index contributed by atoms with van der Waals surface area (Å²) in [6, 6.07) is 11.6. The van der Waals surface area contributed by atoms with E-state index in [1.165, 1.54) is 0 Å². The molecule has 1 N–H and O–H groups in total. The van der Waals surface area contributed by atoms with Gasteiger partial charge in [-0.3, -0.25) is 9.48 Å². The molecule has 2 heterocycles. The predicted octanol–water partition coefficient (Wildman–Crippen LogP) is 2.46. The maximum Gasteiger partial charge on any atom is 0.227 e. The highest BCUT2D eigenvalue weighted by Gasteiger charge is 2.43. The van der Waals surface area contributed by atoms with Crippen LogP contribution in [-0.4, -0.2) is 32.4 Å². The number of carbonyl (C=O) groups excluding carboxylic acids is 1. The first-order valence-corrected chi connectivity index (χ1v) is 8.85. The number of aryl methyl sites for hydroxylation is 1. The molecule has 134 valence electrons. The van der Waals surface area contributed by atoms with Gasteiger partial charge in [-0.15, -0.1) is 0 Å². The molecule has 1 aromatic carbocycles. The van der Waals surface area contributed by atoms with Gasteiger partial charge in [0, 0.05) is 49.3 Å². The molecule has 7 heteroatoms. The van der Waals surface area contributed by atoms with Gasteiger partial charge >= 0.3 is 0 Å². The average Bonchev–Trinajstić information content (AvgIpc) is 3.05. The van der Waals surface area contributed by atoms with E-state index in [9.17, 15) is 4.79 Å². The third-order valence-corrected chi connectivity index (χ3v) is 4.74. The number of rotatable bonds is 8. The predicted molar refractivity (Wildman–Crippen MR) is 95.0 cm³/mol. The van der Waals surface area contributed by atoms with Crippen molar-refractivity contribution in [1.29, 1.82) is 0 Å². The smallest absolute Gasteiger partial charge is 0.227 e. The molecule has 0 bridgehead atoms. The average molecular weight is 351 g/mol. The van der Waals surface area contributed by atoms with Crippen molar-refractivity contribution >= 4 is 5.91 Å². The molecule has 0 atom stereocenters. The van der Waals surface area contributed by atoms with Crippen molar-refractivity contribution in [2.24, 2.45) is 5.41 Å². The molecule has 1 aliphatic carbocycles. The van der Waals surface area contributed by atoms with Gasteiger partial charge in [-0.2, -0.15) is 10.1 Å². The molecule has 1 amide bonds. The minimum absolute atomic E-state index is 0.0104. The second kappa shape index (κ2) is 7.11. The van der Waals surface area contributed by atoms with Crippen LogP contribution in [0.15, 0.2) is 53.3 Å². The normalized spacial score (nSPS) is 14.9. The van der Waals surface area contributed by atoms with Crippen molar-refractivity contribution in [3.05, 3.63) is 54.7 Å². The Morgan fingerprint density at radius 1 is 1.23 bits per heavy atom. The highest BCUT2D eigenvalue weighted by Crippen LogP contribution is 2.46. The summed E-state index contributed by atoms with van der Waals surface area (Å²) >= 11 is 0. The Bertz CT molecular complexity index is 853. The van der Waals surface area contributed by atoms with Gasteiger partial charge in [-0.25, -0.2) is 0 Å². The monoisotopic (exact) mass is 351 g/mol. The van der Waals surface area contributed by atoms with Gasteiger partial charge < -0.3 is 9.84 Å². The maximum atomic E-state index is 12.1. The molecule has 4 rings (SSSR count). The Balaban J connectivity index is 1.24. The van der Waals surface area contributed by atoms with Gasteiger partial charge in [-0.05, 0) is 18.9 Å². The molecule has 7 nitrogen and oxygen atoms in total. The maximum absolute atomic E-state index is 12.1. The Labute approximate surface area is 151 Å². The zero-order chi connectivity index (χ0) is 17.8. The molecule has 1 saturated carbocycles. The molecule has 0 saturated heterocycles. The molecule has 1 aliphatic rings. The second-order valence-electron chi connectivity index (χ2n) is 6.86. The van der Waals surface area contributed by atoms with Crippen LogP contribution in [0.1, 0.15) is 25.2 Å². The quantitative estimate of drug-likeness (QED) is 0.674. The number of aromatic nitrogens is 4. The Morgan fingerprint density at radius 3 is 2.81 bits per heavy atom. The lowest BCUT2D eigenvalue weighted by Crippen LogP contribution is -2.32. The van der Waals surface area contributed by atoms with Crippen LogP contribution in [0, 0.1) is 5.41 Å². The van der Waals surface area contributed by atoms with E-state index >= 15 is 0 Å². The third kappa shape index (κ3) is 3.99. The summed E-state index contributed by atoms with van der Waals surface area (Å²) < 4.78 is 7.18. The van der Waals surface area contributed by atoms with Crippen LogP contribution in [0.5, 0.6) is 0 Å². The molecule has 0 aliphatic heterocycles. The Hall–Kier alpha value is -2.96. The number of benzene rings is 1. The number of hydrogen-bond acceptors (Lipinski definition) is 5. The first-order chi connectivity index (χ1) is 12.7. The molecule has 0 spiro atoms. The third-order valence-electron chi connectivity index (χ3n) is 4.74. The van der Waals surface area contributed by atoms with Crippen molar-refractivity contribution in [3.8, 4) is 11.4 Å². The molecule has 3 aromatic rings. The van der Waals surface area contributed by atoms with E-state index < -0.39 is 0 Å². The van der Waals surface area contributed by atoms with E-state index in [2.05, 4.69) is 20.6 Å². The highest BCUT2D eigenvalue weighted by molar-refractivity contribution is 5.76. The zero-order valence-corrected chi connectivity index (χ0v) is 14.5. The number of hydrogen-bond donors (Lipinski definition) is 1. The Kier molecular flexibility index (Phi) is 4.51. The van der Waals surface area contributed by atoms with Crippen LogP contribution in [0.25, 0.3) is 11.4 Å². The largest absolute Gasteiger partial charge is 0.355 e. The number of nitrogens with one attached hydrogen (secondary N) is 1. The number of nitrogens with zero attached hydrogens (tertiary/aromatic N) is 4. The van der Waals surface area contributed by atoms with Crippen LogP contribution >= 0.6 is 0 Å². The van der Waals surface area contributed by atoms with E-state index in [0.29, 0.717) is 31.1 Å². The second-order valence-corrected chi connectivity index (χ2v) is 6.86. The van der Waals surface area contributed by atoms with Crippen molar-refractivity contribution < 1.29 is 9.32 Å². The van der Waals surface area contributed by atoms with Crippen LogP contribution in [-0.2, 0) is 17.8 Å². The van der Waals surface area contributed by atoms with Gasteiger partial charge in [-0.1, -0.05) is 35.5 Å². The van der Waals surface area contributed by atoms with E-state index in [4.69, 9.17) is 4.52 Å². The molecular formula is C19H21N5O2. The number of amides is 1. The highest BCUT2D eigenvalue weighted by atomic mass is 16.5. The fourth-order valence-electron chi connectivity index (χ4n) is 2.96. The van der Waals surface area contributed by atoms with Gasteiger partial charge in [0.2, 0.25) is 17.6 Å². The van der Waals surface area contributed by atoms with Crippen LogP contribution in [0.3, 0.4) is 0 Å². The summed E-state index contributed by atoms with van der Waals surface area (Å²) in [7, 11) is 0. The van der Waals surface area contributed by atoms with Crippen LogP contribution < -0.4 is 5.32 Å². The zero-order valence-electron chi connectivity index (χ0n) is 14.5. The molecule has 1 fully saturated rings. The van der Waals surface area contributed by atoms with E-state index in [1.54, 1.807) is 6.20 Å². The molecule has 0 radical (unpaired) electrons. The summed E-state index contributed by atoms with van der Waals surface area (Å²) in [6.45, 7) is 1.54. The van der Waals surface area contributed by atoms with Crippen molar-refractivity contribution in [1.82, 2.24) is 25.2 Å². The minimum atomic E-state index is 0.0104. The van der Waals surface area contributed by atoms with E-state index in [-0.39, 0.29) is 11.3 Å². The Morgan fingerprint density at radius 2 is 2.08 bits per heavy atom. The van der Waals surface area contributed by atoms with Gasteiger partial charge in [0.25, 0.3) is 0 Å². The van der Waals surface area contributed by atoms with E-state index in [0.717, 1.165) is 24.9 Å².